The molecule has 0 radical (unpaired) electrons. The van der Waals surface area contributed by atoms with Gasteiger partial charge < -0.3 is 9.42 Å². The number of benzene rings is 2. The fourth-order valence-corrected chi connectivity index (χ4v) is 3.10. The maximum Gasteiger partial charge on any atom is 0.257 e. The highest BCUT2D eigenvalue weighted by Gasteiger charge is 2.23. The molecule has 0 saturated carbocycles. The molecule has 0 N–H and O–H groups in total. The Kier molecular flexibility index (Phi) is 4.93. The van der Waals surface area contributed by atoms with Gasteiger partial charge in [0.15, 0.2) is 5.82 Å². The summed E-state index contributed by atoms with van der Waals surface area (Å²) >= 11 is 0. The van der Waals surface area contributed by atoms with Gasteiger partial charge in [-0.25, -0.2) is 4.39 Å². The molecular formula is C20H19FN4O2. The molecule has 1 amide bonds. The molecule has 1 fully saturated rings. The Morgan fingerprint density at radius 2 is 1.70 bits per heavy atom. The van der Waals surface area contributed by atoms with Gasteiger partial charge in [0, 0.05) is 37.3 Å². The molecule has 0 bridgehead atoms. The molecule has 4 rings (SSSR count). The standard InChI is InChI=1S/C20H19FN4O2/c21-17-8-6-16(7-9-17)20(26)25-12-10-24(11-13-25)14-18-22-19(27-23-18)15-4-2-1-3-5-15/h1-9H,10-14H2. The summed E-state index contributed by atoms with van der Waals surface area (Å²) in [7, 11) is 0. The highest BCUT2D eigenvalue weighted by atomic mass is 19.1. The Balaban J connectivity index is 1.33. The van der Waals surface area contributed by atoms with Crippen molar-refractivity contribution in [2.75, 3.05) is 26.2 Å². The Morgan fingerprint density at radius 1 is 1.00 bits per heavy atom. The van der Waals surface area contributed by atoms with E-state index in [0.29, 0.717) is 36.9 Å². The van der Waals surface area contributed by atoms with Crippen LogP contribution in [0, 0.1) is 5.82 Å². The molecule has 0 atom stereocenters. The third-order valence-electron chi connectivity index (χ3n) is 4.60. The van der Waals surface area contributed by atoms with E-state index in [4.69, 9.17) is 4.52 Å². The molecule has 3 aromatic rings. The first-order chi connectivity index (χ1) is 13.2. The number of hydrogen-bond donors (Lipinski definition) is 0. The predicted molar refractivity (Wildman–Crippen MR) is 97.3 cm³/mol. The average molecular weight is 366 g/mol. The number of piperazine rings is 1. The molecule has 2 aromatic carbocycles. The number of rotatable bonds is 4. The lowest BCUT2D eigenvalue weighted by atomic mass is 10.2. The normalized spacial score (nSPS) is 15.1. The largest absolute Gasteiger partial charge is 0.336 e. The van der Waals surface area contributed by atoms with E-state index in [9.17, 15) is 9.18 Å². The van der Waals surface area contributed by atoms with Gasteiger partial charge >= 0.3 is 0 Å². The zero-order valence-corrected chi connectivity index (χ0v) is 14.7. The van der Waals surface area contributed by atoms with Crippen molar-refractivity contribution >= 4 is 5.91 Å². The molecule has 1 aliphatic rings. The van der Waals surface area contributed by atoms with Crippen molar-refractivity contribution in [2.24, 2.45) is 0 Å². The number of aromatic nitrogens is 2. The van der Waals surface area contributed by atoms with Gasteiger partial charge in [0.1, 0.15) is 5.82 Å². The third kappa shape index (κ3) is 4.03. The van der Waals surface area contributed by atoms with E-state index in [2.05, 4.69) is 15.0 Å². The quantitative estimate of drug-likeness (QED) is 0.711. The van der Waals surface area contributed by atoms with Crippen molar-refractivity contribution < 1.29 is 13.7 Å². The van der Waals surface area contributed by atoms with Crippen molar-refractivity contribution in [3.63, 3.8) is 0 Å². The van der Waals surface area contributed by atoms with Crippen LogP contribution in [-0.2, 0) is 6.54 Å². The summed E-state index contributed by atoms with van der Waals surface area (Å²) in [5.74, 6) is 0.731. The van der Waals surface area contributed by atoms with Crippen LogP contribution >= 0.6 is 0 Å². The average Bonchev–Trinajstić information content (AvgIpc) is 3.18. The molecular weight excluding hydrogens is 347 g/mol. The number of carbonyl (C=O) groups is 1. The van der Waals surface area contributed by atoms with Crippen LogP contribution in [0.5, 0.6) is 0 Å². The fourth-order valence-electron chi connectivity index (χ4n) is 3.10. The molecule has 0 spiro atoms. The molecule has 1 aliphatic heterocycles. The van der Waals surface area contributed by atoms with E-state index in [1.54, 1.807) is 4.90 Å². The maximum absolute atomic E-state index is 13.0. The van der Waals surface area contributed by atoms with Crippen LogP contribution in [0.4, 0.5) is 4.39 Å². The minimum atomic E-state index is -0.341. The lowest BCUT2D eigenvalue weighted by molar-refractivity contribution is 0.0624. The van der Waals surface area contributed by atoms with Crippen LogP contribution in [0.15, 0.2) is 59.1 Å². The van der Waals surface area contributed by atoms with Crippen LogP contribution in [0.3, 0.4) is 0 Å². The first kappa shape index (κ1) is 17.4. The molecule has 2 heterocycles. The SMILES string of the molecule is O=C(c1ccc(F)cc1)N1CCN(Cc2noc(-c3ccccc3)n2)CC1. The topological polar surface area (TPSA) is 62.5 Å². The van der Waals surface area contributed by atoms with Crippen molar-refractivity contribution in [1.29, 1.82) is 0 Å². The van der Waals surface area contributed by atoms with Crippen LogP contribution < -0.4 is 0 Å². The van der Waals surface area contributed by atoms with Gasteiger partial charge in [0.2, 0.25) is 0 Å². The Hall–Kier alpha value is -3.06. The Labute approximate surface area is 156 Å². The van der Waals surface area contributed by atoms with Crippen molar-refractivity contribution in [3.05, 3.63) is 71.8 Å². The zero-order chi connectivity index (χ0) is 18.6. The second kappa shape index (κ2) is 7.67. The summed E-state index contributed by atoms with van der Waals surface area (Å²) in [5.41, 5.74) is 1.40. The minimum absolute atomic E-state index is 0.0689. The number of carbonyl (C=O) groups excluding carboxylic acids is 1. The zero-order valence-electron chi connectivity index (χ0n) is 14.7. The van der Waals surface area contributed by atoms with Crippen LogP contribution in [0.25, 0.3) is 11.5 Å². The summed E-state index contributed by atoms with van der Waals surface area (Å²) < 4.78 is 18.3. The molecule has 27 heavy (non-hydrogen) atoms. The highest BCUT2D eigenvalue weighted by molar-refractivity contribution is 5.94. The molecule has 1 saturated heterocycles. The van der Waals surface area contributed by atoms with Gasteiger partial charge in [-0.2, -0.15) is 4.98 Å². The number of hydrogen-bond acceptors (Lipinski definition) is 5. The molecule has 6 nitrogen and oxygen atoms in total. The van der Waals surface area contributed by atoms with Crippen LogP contribution in [0.1, 0.15) is 16.2 Å². The van der Waals surface area contributed by atoms with Crippen molar-refractivity contribution in [3.8, 4) is 11.5 Å². The third-order valence-corrected chi connectivity index (χ3v) is 4.60. The van der Waals surface area contributed by atoms with Gasteiger partial charge in [0.05, 0.1) is 6.54 Å². The van der Waals surface area contributed by atoms with E-state index in [-0.39, 0.29) is 11.7 Å². The van der Waals surface area contributed by atoms with Crippen LogP contribution in [0.2, 0.25) is 0 Å². The lowest BCUT2D eigenvalue weighted by Crippen LogP contribution is -2.48. The molecule has 138 valence electrons. The fraction of sp³-hybridized carbons (Fsp3) is 0.250. The number of halogens is 1. The summed E-state index contributed by atoms with van der Waals surface area (Å²) in [6.07, 6.45) is 0. The van der Waals surface area contributed by atoms with Gasteiger partial charge in [-0.3, -0.25) is 9.69 Å². The first-order valence-corrected chi connectivity index (χ1v) is 8.84. The van der Waals surface area contributed by atoms with E-state index in [0.717, 1.165) is 18.7 Å². The van der Waals surface area contributed by atoms with E-state index < -0.39 is 0 Å². The molecule has 7 heteroatoms. The second-order valence-electron chi connectivity index (χ2n) is 6.46. The maximum atomic E-state index is 13.0. The summed E-state index contributed by atoms with van der Waals surface area (Å²) in [5, 5.41) is 4.05. The Morgan fingerprint density at radius 3 is 2.41 bits per heavy atom. The smallest absolute Gasteiger partial charge is 0.257 e. The van der Waals surface area contributed by atoms with E-state index in [1.165, 1.54) is 24.3 Å². The lowest BCUT2D eigenvalue weighted by Gasteiger charge is -2.34. The monoisotopic (exact) mass is 366 g/mol. The molecule has 0 unspecified atom stereocenters. The first-order valence-electron chi connectivity index (χ1n) is 8.84. The number of nitrogens with zero attached hydrogens (tertiary/aromatic N) is 4. The van der Waals surface area contributed by atoms with Gasteiger partial charge in [-0.05, 0) is 36.4 Å². The van der Waals surface area contributed by atoms with Crippen molar-refractivity contribution in [2.45, 2.75) is 6.54 Å². The minimum Gasteiger partial charge on any atom is -0.336 e. The van der Waals surface area contributed by atoms with Crippen molar-refractivity contribution in [1.82, 2.24) is 19.9 Å². The van der Waals surface area contributed by atoms with E-state index >= 15 is 0 Å². The van der Waals surface area contributed by atoms with Gasteiger partial charge in [0.25, 0.3) is 11.8 Å². The Bertz CT molecular complexity index is 903. The van der Waals surface area contributed by atoms with Gasteiger partial charge in [-0.15, -0.1) is 0 Å². The molecule has 0 aliphatic carbocycles. The van der Waals surface area contributed by atoms with Gasteiger partial charge in [-0.1, -0.05) is 23.4 Å². The summed E-state index contributed by atoms with van der Waals surface area (Å²) in [6.45, 7) is 3.25. The number of amides is 1. The summed E-state index contributed by atoms with van der Waals surface area (Å²) in [4.78, 5) is 20.9. The van der Waals surface area contributed by atoms with Crippen LogP contribution in [-0.4, -0.2) is 52.0 Å². The van der Waals surface area contributed by atoms with E-state index in [1.807, 2.05) is 30.3 Å². The summed E-state index contributed by atoms with van der Waals surface area (Å²) in [6, 6.07) is 15.3. The highest BCUT2D eigenvalue weighted by Crippen LogP contribution is 2.17. The predicted octanol–water partition coefficient (Wildman–Crippen LogP) is 2.83. The second-order valence-corrected chi connectivity index (χ2v) is 6.46. The molecule has 1 aromatic heterocycles.